The molecule has 2 aromatic rings. The zero-order chi connectivity index (χ0) is 24.6. The number of aromatic nitrogens is 1. The number of ether oxygens (including phenoxy) is 1. The number of nitrogens with one attached hydrogen (secondary N) is 1. The summed E-state index contributed by atoms with van der Waals surface area (Å²) < 4.78 is 33.7. The fourth-order valence-electron chi connectivity index (χ4n) is 4.64. The van der Waals surface area contributed by atoms with Gasteiger partial charge in [0, 0.05) is 51.2 Å². The average molecular weight is 476 g/mol. The molecular weight excluding hydrogens is 450 g/mol. The number of hydrogen-bond acceptors (Lipinski definition) is 6. The minimum Gasteiger partial charge on any atom is -0.502 e. The third-order valence-corrected chi connectivity index (χ3v) is 6.36. The molecule has 1 fully saturated rings. The number of carbonyl (C=O) groups excluding carboxylic acids is 2. The molecule has 2 amide bonds. The van der Waals surface area contributed by atoms with Gasteiger partial charge in [-0.15, -0.1) is 0 Å². The van der Waals surface area contributed by atoms with Crippen molar-refractivity contribution < 1.29 is 28.2 Å². The van der Waals surface area contributed by atoms with Crippen molar-refractivity contribution in [3.05, 3.63) is 63.1 Å². The number of piperidine rings is 1. The van der Waals surface area contributed by atoms with Crippen LogP contribution in [0.3, 0.4) is 0 Å². The van der Waals surface area contributed by atoms with E-state index in [1.54, 1.807) is 12.0 Å². The van der Waals surface area contributed by atoms with Gasteiger partial charge in [-0.05, 0) is 31.7 Å². The first-order chi connectivity index (χ1) is 16.3. The maximum atomic E-state index is 13.9. The molecule has 182 valence electrons. The van der Waals surface area contributed by atoms with Gasteiger partial charge in [-0.1, -0.05) is 6.07 Å². The number of hydrogen-bond donors (Lipinski definition) is 2. The van der Waals surface area contributed by atoms with Crippen LogP contribution in [0.5, 0.6) is 5.75 Å². The fraction of sp³-hybridized carbons (Fsp3) is 0.435. The molecule has 0 saturated carbocycles. The highest BCUT2D eigenvalue weighted by molar-refractivity contribution is 5.99. The summed E-state index contributed by atoms with van der Waals surface area (Å²) in [5.74, 6) is -3.53. The Balaban J connectivity index is 1.67. The lowest BCUT2D eigenvalue weighted by Gasteiger charge is -2.50. The van der Waals surface area contributed by atoms with Gasteiger partial charge in [0.15, 0.2) is 11.4 Å². The lowest BCUT2D eigenvalue weighted by molar-refractivity contribution is 0.0406. The van der Waals surface area contributed by atoms with E-state index in [1.807, 2.05) is 11.9 Å². The lowest BCUT2D eigenvalue weighted by atomic mass is 9.94. The number of fused-ring (bicyclic) bond motifs is 3. The molecule has 11 heteroatoms. The highest BCUT2D eigenvalue weighted by Gasteiger charge is 2.42. The Kier molecular flexibility index (Phi) is 6.56. The van der Waals surface area contributed by atoms with Crippen LogP contribution in [-0.2, 0) is 11.3 Å². The predicted octanol–water partition coefficient (Wildman–Crippen LogP) is 1.56. The Morgan fingerprint density at radius 3 is 2.74 bits per heavy atom. The van der Waals surface area contributed by atoms with E-state index in [1.165, 1.54) is 16.9 Å². The van der Waals surface area contributed by atoms with Crippen LogP contribution < -0.4 is 15.8 Å². The first-order valence-electron chi connectivity index (χ1n) is 11.0. The smallest absolute Gasteiger partial charge is 0.278 e. The molecule has 2 aliphatic rings. The number of halogens is 2. The number of rotatable bonds is 6. The van der Waals surface area contributed by atoms with Gasteiger partial charge >= 0.3 is 0 Å². The summed E-state index contributed by atoms with van der Waals surface area (Å²) in [6.45, 7) is 2.96. The van der Waals surface area contributed by atoms with Crippen molar-refractivity contribution in [1.82, 2.24) is 14.9 Å². The molecular formula is C23H26F2N4O5. The van der Waals surface area contributed by atoms with Gasteiger partial charge in [-0.3, -0.25) is 24.1 Å². The Morgan fingerprint density at radius 2 is 2.06 bits per heavy atom. The fourth-order valence-corrected chi connectivity index (χ4v) is 4.64. The number of benzene rings is 1. The molecule has 3 heterocycles. The molecule has 0 unspecified atom stereocenters. The Hall–Kier alpha value is -3.47. The van der Waals surface area contributed by atoms with E-state index < -0.39 is 34.6 Å². The second-order valence-electron chi connectivity index (χ2n) is 8.41. The molecule has 9 nitrogen and oxygen atoms in total. The van der Waals surface area contributed by atoms with Gasteiger partial charge < -0.3 is 20.1 Å². The van der Waals surface area contributed by atoms with Crippen molar-refractivity contribution in [2.45, 2.75) is 32.5 Å². The van der Waals surface area contributed by atoms with E-state index in [9.17, 15) is 28.3 Å². The summed E-state index contributed by atoms with van der Waals surface area (Å²) in [7, 11) is 1.62. The van der Waals surface area contributed by atoms with E-state index in [0.717, 1.165) is 12.5 Å². The zero-order valence-electron chi connectivity index (χ0n) is 18.9. The van der Waals surface area contributed by atoms with Crippen LogP contribution in [0.25, 0.3) is 0 Å². The number of nitrogens with zero attached hydrogens (tertiary/aromatic N) is 3. The minimum absolute atomic E-state index is 0.0334. The van der Waals surface area contributed by atoms with Crippen LogP contribution in [0.2, 0.25) is 0 Å². The van der Waals surface area contributed by atoms with Gasteiger partial charge in [-0.25, -0.2) is 8.78 Å². The molecule has 0 radical (unpaired) electrons. The van der Waals surface area contributed by atoms with Crippen LogP contribution in [0.4, 0.5) is 8.78 Å². The van der Waals surface area contributed by atoms with Crippen LogP contribution in [0.15, 0.2) is 29.2 Å². The number of methoxy groups -OCH3 is 1. The number of aromatic hydroxyl groups is 1. The van der Waals surface area contributed by atoms with Crippen molar-refractivity contribution >= 4 is 11.8 Å². The standard InChI is InChI=1S/C23H26F2N4O5/c1-3-27-18-8-13(12-34-2)6-7-28(18)29-11-16(20(30)21(31)19(29)23(27)33)22(32)26-10-14-4-5-15(24)9-17(14)25/h4-5,9,11,13,18,31H,3,6-8,10,12H2,1-2H3,(H,26,32)/t13-,18-/m0/s1. The van der Waals surface area contributed by atoms with Crippen molar-refractivity contribution in [3.8, 4) is 5.75 Å². The van der Waals surface area contributed by atoms with Crippen molar-refractivity contribution in [3.63, 3.8) is 0 Å². The van der Waals surface area contributed by atoms with Crippen molar-refractivity contribution in [2.75, 3.05) is 31.8 Å². The maximum absolute atomic E-state index is 13.9. The van der Waals surface area contributed by atoms with Crippen LogP contribution >= 0.6 is 0 Å². The second kappa shape index (κ2) is 9.41. The summed E-state index contributed by atoms with van der Waals surface area (Å²) in [4.78, 5) is 40.3. The Morgan fingerprint density at radius 1 is 1.29 bits per heavy atom. The molecule has 1 aromatic carbocycles. The van der Waals surface area contributed by atoms with E-state index in [2.05, 4.69) is 5.32 Å². The summed E-state index contributed by atoms with van der Waals surface area (Å²) in [6.07, 6.45) is 2.30. The molecule has 0 spiro atoms. The first kappa shape index (κ1) is 23.7. The normalized spacial score (nSPS) is 19.6. The average Bonchev–Trinajstić information content (AvgIpc) is 2.80. The molecule has 4 rings (SSSR count). The highest BCUT2D eigenvalue weighted by atomic mass is 19.1. The molecule has 2 aliphatic heterocycles. The summed E-state index contributed by atoms with van der Waals surface area (Å²) >= 11 is 0. The van der Waals surface area contributed by atoms with Crippen LogP contribution in [0.1, 0.15) is 46.2 Å². The topological polar surface area (TPSA) is 104 Å². The van der Waals surface area contributed by atoms with Gasteiger partial charge in [0.05, 0.1) is 0 Å². The third kappa shape index (κ3) is 4.11. The molecule has 0 aliphatic carbocycles. The van der Waals surface area contributed by atoms with Gasteiger partial charge in [-0.2, -0.15) is 0 Å². The highest BCUT2D eigenvalue weighted by Crippen LogP contribution is 2.32. The number of pyridine rings is 1. The summed E-state index contributed by atoms with van der Waals surface area (Å²) in [5, 5.41) is 14.9. The van der Waals surface area contributed by atoms with Gasteiger partial charge in [0.25, 0.3) is 11.8 Å². The predicted molar refractivity (Wildman–Crippen MR) is 118 cm³/mol. The lowest BCUT2D eigenvalue weighted by Crippen LogP contribution is -2.64. The Labute approximate surface area is 194 Å². The van der Waals surface area contributed by atoms with E-state index in [0.29, 0.717) is 32.2 Å². The van der Waals surface area contributed by atoms with Crippen molar-refractivity contribution in [1.29, 1.82) is 0 Å². The molecule has 2 N–H and O–H groups in total. The molecule has 0 bridgehead atoms. The number of carbonyl (C=O) groups is 2. The minimum atomic E-state index is -1.000. The van der Waals surface area contributed by atoms with E-state index in [4.69, 9.17) is 4.74 Å². The second-order valence-corrected chi connectivity index (χ2v) is 8.41. The number of amides is 2. The molecule has 1 aromatic heterocycles. The van der Waals surface area contributed by atoms with Crippen molar-refractivity contribution in [2.24, 2.45) is 5.92 Å². The van der Waals surface area contributed by atoms with E-state index >= 15 is 0 Å². The third-order valence-electron chi connectivity index (χ3n) is 6.36. The quantitative estimate of drug-likeness (QED) is 0.656. The maximum Gasteiger partial charge on any atom is 0.278 e. The van der Waals surface area contributed by atoms with E-state index in [-0.39, 0.29) is 35.4 Å². The summed E-state index contributed by atoms with van der Waals surface area (Å²) in [5.41, 5.74) is -1.56. The van der Waals surface area contributed by atoms with Gasteiger partial charge in [0.1, 0.15) is 23.4 Å². The molecule has 1 saturated heterocycles. The van der Waals surface area contributed by atoms with Crippen LogP contribution in [0, 0.1) is 17.6 Å². The zero-order valence-corrected chi connectivity index (χ0v) is 18.9. The van der Waals surface area contributed by atoms with Crippen LogP contribution in [-0.4, -0.2) is 59.5 Å². The van der Waals surface area contributed by atoms with Gasteiger partial charge in [0.2, 0.25) is 5.43 Å². The monoisotopic (exact) mass is 476 g/mol. The Bertz CT molecular complexity index is 1180. The molecule has 34 heavy (non-hydrogen) atoms. The molecule has 2 atom stereocenters. The first-order valence-corrected chi connectivity index (χ1v) is 11.0. The largest absolute Gasteiger partial charge is 0.502 e. The SMILES string of the molecule is CCN1C(=O)c2c(O)c(=O)c(C(=O)NCc3ccc(F)cc3F)cn2N2CC[C@H](COC)C[C@@H]12. The summed E-state index contributed by atoms with van der Waals surface area (Å²) in [6, 6.07) is 2.94.